The third-order valence-electron chi connectivity index (χ3n) is 6.60. The van der Waals surface area contributed by atoms with E-state index in [1.807, 2.05) is 35.2 Å². The molecule has 2 aromatic heterocycles. The van der Waals surface area contributed by atoms with Gasteiger partial charge in [0, 0.05) is 43.0 Å². The van der Waals surface area contributed by atoms with E-state index < -0.39 is 0 Å². The van der Waals surface area contributed by atoms with Crippen molar-refractivity contribution in [2.45, 2.75) is 31.7 Å². The molecule has 0 bridgehead atoms. The number of carbonyl (C=O) groups excluding carboxylic acids is 2. The molecular formula is C25H24N6O3. The first-order valence-corrected chi connectivity index (χ1v) is 11.6. The second kappa shape index (κ2) is 8.40. The number of nitrogens with zero attached hydrogens (tertiary/aromatic N) is 5. The summed E-state index contributed by atoms with van der Waals surface area (Å²) in [6.07, 6.45) is 8.61. The Kier molecular flexibility index (Phi) is 5.09. The molecule has 1 N–H and O–H groups in total. The Morgan fingerprint density at radius 3 is 2.53 bits per heavy atom. The number of ether oxygens (including phenoxy) is 1. The zero-order valence-corrected chi connectivity index (χ0v) is 18.6. The average Bonchev–Trinajstić information content (AvgIpc) is 3.55. The number of anilines is 3. The van der Waals surface area contributed by atoms with Crippen LogP contribution >= 0.6 is 0 Å². The first-order valence-electron chi connectivity index (χ1n) is 11.6. The Morgan fingerprint density at radius 2 is 1.76 bits per heavy atom. The van der Waals surface area contributed by atoms with Gasteiger partial charge in [-0.15, -0.1) is 0 Å². The molecule has 0 saturated carbocycles. The number of pyridine rings is 1. The molecule has 172 valence electrons. The lowest BCUT2D eigenvalue weighted by Gasteiger charge is -2.31. The van der Waals surface area contributed by atoms with Crippen molar-refractivity contribution in [3.63, 3.8) is 0 Å². The zero-order valence-electron chi connectivity index (χ0n) is 18.6. The van der Waals surface area contributed by atoms with Crippen molar-refractivity contribution in [3.05, 3.63) is 54.5 Å². The SMILES string of the molecule is O=C(c1ccc(-c2cnc(Nc3cnc4c(c3)N3C(=O)CC[C@H]3CO4)nc2)cc1)N1CCCC1. The van der Waals surface area contributed by atoms with Gasteiger partial charge in [-0.1, -0.05) is 12.1 Å². The van der Waals surface area contributed by atoms with E-state index in [1.165, 1.54) is 0 Å². The Hall–Kier alpha value is -4.01. The van der Waals surface area contributed by atoms with Crippen LogP contribution < -0.4 is 15.0 Å². The molecule has 0 spiro atoms. The van der Waals surface area contributed by atoms with E-state index in [4.69, 9.17) is 4.74 Å². The molecule has 3 aliphatic heterocycles. The molecule has 0 radical (unpaired) electrons. The smallest absolute Gasteiger partial charge is 0.253 e. The maximum absolute atomic E-state index is 12.5. The summed E-state index contributed by atoms with van der Waals surface area (Å²) in [5.41, 5.74) is 3.86. The second-order valence-corrected chi connectivity index (χ2v) is 8.81. The average molecular weight is 457 g/mol. The third-order valence-corrected chi connectivity index (χ3v) is 6.60. The molecule has 3 aromatic rings. The molecule has 3 aliphatic rings. The molecule has 0 unspecified atom stereocenters. The van der Waals surface area contributed by atoms with Crippen LogP contribution in [0.25, 0.3) is 11.1 Å². The molecule has 6 rings (SSSR count). The molecule has 2 fully saturated rings. The molecule has 0 aliphatic carbocycles. The highest BCUT2D eigenvalue weighted by atomic mass is 16.5. The van der Waals surface area contributed by atoms with Crippen molar-refractivity contribution in [2.24, 2.45) is 0 Å². The van der Waals surface area contributed by atoms with Crippen molar-refractivity contribution >= 4 is 29.1 Å². The van der Waals surface area contributed by atoms with Crippen LogP contribution in [-0.4, -0.2) is 57.4 Å². The van der Waals surface area contributed by atoms with Crippen LogP contribution in [0.1, 0.15) is 36.0 Å². The van der Waals surface area contributed by atoms with Crippen LogP contribution in [0, 0.1) is 0 Å². The number of hydrogen-bond donors (Lipinski definition) is 1. The van der Waals surface area contributed by atoms with Gasteiger partial charge in [-0.3, -0.25) is 9.59 Å². The van der Waals surface area contributed by atoms with Gasteiger partial charge < -0.3 is 19.9 Å². The third kappa shape index (κ3) is 3.72. The lowest BCUT2D eigenvalue weighted by Crippen LogP contribution is -2.40. The number of nitrogens with one attached hydrogen (secondary N) is 1. The van der Waals surface area contributed by atoms with Crippen molar-refractivity contribution < 1.29 is 14.3 Å². The fourth-order valence-corrected chi connectivity index (χ4v) is 4.78. The van der Waals surface area contributed by atoms with Crippen LogP contribution in [-0.2, 0) is 4.79 Å². The molecule has 2 amide bonds. The highest BCUT2D eigenvalue weighted by Gasteiger charge is 2.38. The number of hydrogen-bond acceptors (Lipinski definition) is 7. The van der Waals surface area contributed by atoms with Gasteiger partial charge in [0.25, 0.3) is 5.91 Å². The normalized spacial score (nSPS) is 18.9. The van der Waals surface area contributed by atoms with Crippen LogP contribution in [0.5, 0.6) is 5.88 Å². The predicted molar refractivity (Wildman–Crippen MR) is 126 cm³/mol. The minimum Gasteiger partial charge on any atom is -0.474 e. The van der Waals surface area contributed by atoms with E-state index in [1.54, 1.807) is 23.5 Å². The molecule has 1 atom stereocenters. The minimum absolute atomic E-state index is 0.0737. The molecule has 1 aromatic carbocycles. The number of carbonyl (C=O) groups is 2. The Morgan fingerprint density at radius 1 is 1.00 bits per heavy atom. The van der Waals surface area contributed by atoms with Crippen LogP contribution in [0.3, 0.4) is 0 Å². The van der Waals surface area contributed by atoms with Gasteiger partial charge in [-0.2, -0.15) is 0 Å². The van der Waals surface area contributed by atoms with Crippen LogP contribution in [0.2, 0.25) is 0 Å². The number of fused-ring (bicyclic) bond motifs is 3. The minimum atomic E-state index is 0.0737. The quantitative estimate of drug-likeness (QED) is 0.642. The molecular weight excluding hydrogens is 432 g/mol. The summed E-state index contributed by atoms with van der Waals surface area (Å²) in [7, 11) is 0. The summed E-state index contributed by atoms with van der Waals surface area (Å²) in [6.45, 7) is 2.16. The Bertz CT molecular complexity index is 1240. The van der Waals surface area contributed by atoms with Gasteiger partial charge in [0.05, 0.1) is 17.9 Å². The fraction of sp³-hybridized carbons (Fsp3) is 0.320. The first kappa shape index (κ1) is 20.6. The summed E-state index contributed by atoms with van der Waals surface area (Å²) < 4.78 is 5.72. The molecule has 2 saturated heterocycles. The molecule has 5 heterocycles. The maximum Gasteiger partial charge on any atom is 0.253 e. The van der Waals surface area contributed by atoms with Crippen molar-refractivity contribution in [3.8, 4) is 17.0 Å². The van der Waals surface area contributed by atoms with E-state index in [0.29, 0.717) is 41.8 Å². The van der Waals surface area contributed by atoms with Gasteiger partial charge in [0.1, 0.15) is 12.3 Å². The predicted octanol–water partition coefficient (Wildman–Crippen LogP) is 3.41. The van der Waals surface area contributed by atoms with Gasteiger partial charge in [0.2, 0.25) is 17.7 Å². The summed E-state index contributed by atoms with van der Waals surface area (Å²) in [5.74, 6) is 1.08. The van der Waals surface area contributed by atoms with E-state index in [2.05, 4.69) is 20.3 Å². The standard InChI is InChI=1S/C25H24N6O3/c32-22-8-7-20-15-34-23-21(31(20)22)11-19(14-26-23)29-25-27-12-18(13-28-25)16-3-5-17(6-4-16)24(33)30-9-1-2-10-30/h3-6,11-14,20H,1-2,7-10,15H2,(H,27,28,29)/t20-/m0/s1. The summed E-state index contributed by atoms with van der Waals surface area (Å²) in [6, 6.07) is 9.49. The second-order valence-electron chi connectivity index (χ2n) is 8.81. The molecule has 9 nitrogen and oxygen atoms in total. The summed E-state index contributed by atoms with van der Waals surface area (Å²) in [4.78, 5) is 41.8. The van der Waals surface area contributed by atoms with Crippen molar-refractivity contribution in [1.29, 1.82) is 0 Å². The highest BCUT2D eigenvalue weighted by molar-refractivity contribution is 5.98. The topological polar surface area (TPSA) is 101 Å². The number of rotatable bonds is 4. The fourth-order valence-electron chi connectivity index (χ4n) is 4.78. The van der Waals surface area contributed by atoms with Crippen LogP contribution in [0.15, 0.2) is 48.9 Å². The van der Waals surface area contributed by atoms with Gasteiger partial charge >= 0.3 is 0 Å². The lowest BCUT2D eigenvalue weighted by atomic mass is 10.1. The van der Waals surface area contributed by atoms with Crippen molar-refractivity contribution in [1.82, 2.24) is 19.9 Å². The maximum atomic E-state index is 12.5. The largest absolute Gasteiger partial charge is 0.474 e. The number of benzene rings is 1. The van der Waals surface area contributed by atoms with Gasteiger partial charge in [-0.25, -0.2) is 15.0 Å². The monoisotopic (exact) mass is 456 g/mol. The van der Waals surface area contributed by atoms with Crippen molar-refractivity contribution in [2.75, 3.05) is 29.9 Å². The van der Waals surface area contributed by atoms with Crippen LogP contribution in [0.4, 0.5) is 17.3 Å². The van der Waals surface area contributed by atoms with E-state index in [-0.39, 0.29) is 17.9 Å². The van der Waals surface area contributed by atoms with E-state index in [9.17, 15) is 9.59 Å². The Labute approximate surface area is 196 Å². The number of amides is 2. The number of likely N-dealkylation sites (tertiary alicyclic amines) is 1. The highest BCUT2D eigenvalue weighted by Crippen LogP contribution is 2.38. The van der Waals surface area contributed by atoms with E-state index in [0.717, 1.165) is 43.5 Å². The molecule has 34 heavy (non-hydrogen) atoms. The number of aromatic nitrogens is 3. The summed E-state index contributed by atoms with van der Waals surface area (Å²) in [5, 5.41) is 3.15. The lowest BCUT2D eigenvalue weighted by molar-refractivity contribution is -0.117. The molecule has 9 heteroatoms. The van der Waals surface area contributed by atoms with Gasteiger partial charge in [-0.05, 0) is 43.0 Å². The Balaban J connectivity index is 1.16. The first-order chi connectivity index (χ1) is 16.7. The van der Waals surface area contributed by atoms with Gasteiger partial charge in [0.15, 0.2) is 0 Å². The summed E-state index contributed by atoms with van der Waals surface area (Å²) >= 11 is 0. The van der Waals surface area contributed by atoms with E-state index >= 15 is 0 Å². The zero-order chi connectivity index (χ0) is 23.1.